The van der Waals surface area contributed by atoms with Crippen LogP contribution in [0.25, 0.3) is 11.1 Å². The molecule has 482 valence electrons. The fourth-order valence-corrected chi connectivity index (χ4v) is 12.8. The lowest BCUT2D eigenvalue weighted by Crippen LogP contribution is -2.33. The Bertz CT molecular complexity index is 3760. The number of Topliss-reactive ketones (excluding diaryl/α,β-unsaturated/α-hetero) is 1. The van der Waals surface area contributed by atoms with Crippen molar-refractivity contribution in [2.75, 3.05) is 33.9 Å². The van der Waals surface area contributed by atoms with Gasteiger partial charge < -0.3 is 24.0 Å². The number of esters is 2. The van der Waals surface area contributed by atoms with Gasteiger partial charge in [0, 0.05) is 98.8 Å². The Labute approximate surface area is 542 Å². The first-order valence-corrected chi connectivity index (χ1v) is 33.6. The van der Waals surface area contributed by atoms with Crippen LogP contribution in [0, 0.1) is 0 Å². The number of hydrogen-bond acceptors (Lipinski definition) is 14. The summed E-state index contributed by atoms with van der Waals surface area (Å²) in [5.74, 6) is -0.0385. The van der Waals surface area contributed by atoms with Gasteiger partial charge in [0.2, 0.25) is 31.9 Å². The highest BCUT2D eigenvalue weighted by atomic mass is 35.5. The average Bonchev–Trinajstić information content (AvgIpc) is 1.76. The van der Waals surface area contributed by atoms with E-state index in [1.54, 1.807) is 6.07 Å². The maximum absolute atomic E-state index is 13.0. The third-order valence-corrected chi connectivity index (χ3v) is 18.1. The van der Waals surface area contributed by atoms with Crippen molar-refractivity contribution in [3.63, 3.8) is 0 Å². The van der Waals surface area contributed by atoms with Gasteiger partial charge in [-0.05, 0) is 151 Å². The number of carbonyl (C=O) groups excluding carboxylic acids is 7. The molecule has 23 heteroatoms. The highest BCUT2D eigenvalue weighted by Crippen LogP contribution is 2.42. The predicted octanol–water partition coefficient (Wildman–Crippen LogP) is 11.7. The first-order chi connectivity index (χ1) is 42.7. The van der Waals surface area contributed by atoms with Crippen LogP contribution < -0.4 is 10.3 Å². The Morgan fingerprint density at radius 2 is 1.11 bits per heavy atom. The lowest BCUT2D eigenvalue weighted by atomic mass is 9.95. The van der Waals surface area contributed by atoms with E-state index in [1.165, 1.54) is 96.5 Å². The van der Waals surface area contributed by atoms with Crippen LogP contribution in [-0.4, -0.2) is 107 Å². The maximum atomic E-state index is 13.0. The smallest absolute Gasteiger partial charge is 0.329 e. The number of nitrogens with zero attached hydrogens (tertiary/aromatic N) is 2. The number of primary sulfonamides is 2. The van der Waals surface area contributed by atoms with Crippen LogP contribution in [0.2, 0.25) is 10.0 Å². The molecule has 1 saturated heterocycles. The molecule has 5 aromatic rings. The largest absolute Gasteiger partial charge is 0.469 e. The fourth-order valence-electron chi connectivity index (χ4n) is 10.6. The SMILES string of the molecule is C=CC(=O)OC.CC1CCCO1.CCCCCC(=O)OC.CCN1C(=O)CCC2=C1Cc1cc(C(=O)c3ccc(Cl)c(S(N)(=O)=O)c3)ccc12.CCN1C(=O)CCC2=C1Cc1ccccc12.NS(=O)(=O)c1cc(C(=O)Cl)ccc1Cl.O=C1Cc2ccccc2C1. The van der Waals surface area contributed by atoms with Crippen molar-refractivity contribution in [3.05, 3.63) is 187 Å². The second-order valence-electron chi connectivity index (χ2n) is 21.2. The van der Waals surface area contributed by atoms with E-state index in [-0.39, 0.29) is 54.5 Å². The summed E-state index contributed by atoms with van der Waals surface area (Å²) in [5, 5.41) is 9.20. The molecule has 3 aliphatic carbocycles. The lowest BCUT2D eigenvalue weighted by Gasteiger charge is -2.28. The summed E-state index contributed by atoms with van der Waals surface area (Å²) in [6, 6.07) is 29.6. The molecule has 0 bridgehead atoms. The zero-order chi connectivity index (χ0) is 66.5. The number of halogens is 3. The molecule has 1 atom stereocenters. The fraction of sp³-hybridized carbons (Fsp3) is 0.358. The number of carbonyl (C=O) groups is 7. The molecule has 0 aromatic heterocycles. The highest BCUT2D eigenvalue weighted by Gasteiger charge is 2.34. The number of fused-ring (bicyclic) bond motifs is 5. The number of nitrogens with two attached hydrogens (primary N) is 2. The Morgan fingerprint density at radius 1 is 0.633 bits per heavy atom. The van der Waals surface area contributed by atoms with Crippen LogP contribution >= 0.6 is 34.8 Å². The van der Waals surface area contributed by atoms with Gasteiger partial charge in [-0.15, -0.1) is 0 Å². The van der Waals surface area contributed by atoms with Gasteiger partial charge in [0.05, 0.1) is 30.4 Å². The molecule has 3 heterocycles. The summed E-state index contributed by atoms with van der Waals surface area (Å²) >= 11 is 16.6. The number of unbranched alkanes of at least 4 members (excludes halogenated alkanes) is 2. The first kappa shape index (κ1) is 73.6. The van der Waals surface area contributed by atoms with Gasteiger partial charge in [0.25, 0.3) is 5.24 Å². The molecule has 18 nitrogen and oxygen atoms in total. The lowest BCUT2D eigenvalue weighted by molar-refractivity contribution is -0.141. The van der Waals surface area contributed by atoms with Crippen molar-refractivity contribution < 1.29 is 64.6 Å². The molecule has 0 saturated carbocycles. The van der Waals surface area contributed by atoms with Gasteiger partial charge in [-0.1, -0.05) is 110 Å². The van der Waals surface area contributed by atoms with Gasteiger partial charge in [0.1, 0.15) is 15.6 Å². The van der Waals surface area contributed by atoms with E-state index in [0.29, 0.717) is 68.9 Å². The topological polar surface area (TPSA) is 274 Å². The maximum Gasteiger partial charge on any atom is 0.329 e. The Balaban J connectivity index is 0.000000207. The molecule has 0 radical (unpaired) electrons. The number of ether oxygens (including phenoxy) is 3. The van der Waals surface area contributed by atoms with Crippen molar-refractivity contribution in [1.82, 2.24) is 9.80 Å². The number of rotatable bonds is 12. The van der Waals surface area contributed by atoms with Gasteiger partial charge in [-0.2, -0.15) is 0 Å². The summed E-state index contributed by atoms with van der Waals surface area (Å²) < 4.78 is 59.1. The minimum absolute atomic E-state index is 0.0279. The Hall–Kier alpha value is -7.14. The summed E-state index contributed by atoms with van der Waals surface area (Å²) in [5.41, 5.74) is 12.7. The van der Waals surface area contributed by atoms with Gasteiger partial charge in [0.15, 0.2) is 5.78 Å². The van der Waals surface area contributed by atoms with E-state index >= 15 is 0 Å². The Kier molecular flexibility index (Phi) is 28.5. The summed E-state index contributed by atoms with van der Waals surface area (Å²) in [7, 11) is -5.24. The van der Waals surface area contributed by atoms with Crippen molar-refractivity contribution >= 4 is 107 Å². The first-order valence-electron chi connectivity index (χ1n) is 29.3. The van der Waals surface area contributed by atoms with Gasteiger partial charge in [-0.25, -0.2) is 31.9 Å². The molecule has 11 rings (SSSR count). The number of allylic oxidation sites excluding steroid dienone is 4. The van der Waals surface area contributed by atoms with Crippen LogP contribution in [0.1, 0.15) is 152 Å². The van der Waals surface area contributed by atoms with E-state index in [2.05, 4.69) is 61.1 Å². The number of hydrogen-bond donors (Lipinski definition) is 2. The van der Waals surface area contributed by atoms with E-state index in [1.807, 2.05) is 53.1 Å². The number of benzene rings is 5. The monoisotopic (exact) mass is 1330 g/mol. The number of sulfonamides is 2. The standard InChI is InChI=1S/C21H19ClN2O4S.C14H15NO.C9H8O.C7H5Cl2NO3S.C7H14O2.C5H10O.C4H6O2/c1-2-24-18-10-14-9-12(3-5-15(14)16(18)6-8-20(24)25)21(26)13-4-7-17(22)19(11-13)29(23,27)28;1-2-15-13-9-10-5-3-4-6-11(10)12(13)7-8-14(15)16;10-9-5-7-3-1-2-4-8(7)6-9;8-5-2-1-4(7(9)11)3-6(5)14(10,12)13;1-3-4-5-6-7(8)9-2;1-5-3-2-4-6-5;1-3-4(5)6-2/h3-5,7,9,11H,2,6,8,10H2,1H3,(H2,23,27,28);3-6H,2,7-9H2,1H3;1-4H,5-6H2;1-3H,(H2,10,12,13);3-6H2,1-2H3;5H,2-4H2,1H3;3H,1H2,2H3. The van der Waals surface area contributed by atoms with Crippen LogP contribution in [0.3, 0.4) is 0 Å². The van der Waals surface area contributed by atoms with Crippen molar-refractivity contribution in [2.45, 2.75) is 133 Å². The molecule has 3 aliphatic heterocycles. The third kappa shape index (κ3) is 20.7. The highest BCUT2D eigenvalue weighted by molar-refractivity contribution is 7.89. The summed E-state index contributed by atoms with van der Waals surface area (Å²) in [4.78, 5) is 82.1. The number of amides is 2. The van der Waals surface area contributed by atoms with Crippen molar-refractivity contribution in [3.8, 4) is 0 Å². The van der Waals surface area contributed by atoms with Crippen LogP contribution in [0.4, 0.5) is 0 Å². The van der Waals surface area contributed by atoms with E-state index in [0.717, 1.165) is 74.2 Å². The van der Waals surface area contributed by atoms with Gasteiger partial charge in [-0.3, -0.25) is 28.8 Å². The van der Waals surface area contributed by atoms with E-state index < -0.39 is 31.3 Å². The zero-order valence-corrected chi connectivity index (χ0v) is 55.3. The zero-order valence-electron chi connectivity index (χ0n) is 51.4. The quantitative estimate of drug-likeness (QED) is 0.0386. The van der Waals surface area contributed by atoms with E-state index in [4.69, 9.17) is 49.8 Å². The molecule has 5 aromatic carbocycles. The molecule has 6 aliphatic rings. The molecule has 4 N–H and O–H groups in total. The number of likely N-dealkylation sites (N-methyl/N-ethyl adjacent to an activating group) is 2. The minimum Gasteiger partial charge on any atom is -0.469 e. The number of ketones is 2. The second kappa shape index (κ2) is 34.9. The van der Waals surface area contributed by atoms with Crippen LogP contribution in [-0.2, 0) is 83.9 Å². The molecular weight excluding hydrogens is 1260 g/mol. The molecule has 1 unspecified atom stereocenters. The van der Waals surface area contributed by atoms with Crippen LogP contribution in [0.15, 0.2) is 137 Å². The molecular formula is C67H77Cl3N4O14S2. The van der Waals surface area contributed by atoms with Gasteiger partial charge >= 0.3 is 11.9 Å². The third-order valence-electron chi connectivity index (χ3n) is 15.1. The second-order valence-corrected chi connectivity index (χ2v) is 25.5. The molecule has 0 spiro atoms. The van der Waals surface area contributed by atoms with Crippen molar-refractivity contribution in [1.29, 1.82) is 0 Å². The average molecular weight is 1330 g/mol. The Morgan fingerprint density at radius 3 is 1.54 bits per heavy atom. The summed E-state index contributed by atoms with van der Waals surface area (Å²) in [6.45, 7) is 13.8. The molecule has 90 heavy (non-hydrogen) atoms. The summed E-state index contributed by atoms with van der Waals surface area (Å²) in [6.07, 6.45) is 13.6. The predicted molar refractivity (Wildman–Crippen MR) is 349 cm³/mol. The van der Waals surface area contributed by atoms with E-state index in [9.17, 15) is 50.4 Å². The van der Waals surface area contributed by atoms with Crippen molar-refractivity contribution in [2.24, 2.45) is 10.3 Å². The normalized spacial score (nSPS) is 15.7. The van der Waals surface area contributed by atoms with Crippen LogP contribution in [0.5, 0.6) is 0 Å². The molecule has 2 amide bonds. The minimum atomic E-state index is -4.04. The molecule has 1 fully saturated rings. The number of methoxy groups -OCH3 is 2.